The first-order valence-corrected chi connectivity index (χ1v) is 11.0. The number of hydrogen-bond donors (Lipinski definition) is 1. The number of hydrogen-bond acceptors (Lipinski definition) is 4. The molecule has 0 fully saturated rings. The lowest BCUT2D eigenvalue weighted by Gasteiger charge is -2.20. The number of nitrogens with one attached hydrogen (secondary N) is 1. The first-order chi connectivity index (χ1) is 13.2. The molecule has 0 aromatic heterocycles. The Morgan fingerprint density at radius 3 is 2.39 bits per heavy atom. The molecule has 0 saturated heterocycles. The number of sulfonamides is 1. The highest BCUT2D eigenvalue weighted by molar-refractivity contribution is 9.10. The molecule has 0 unspecified atom stereocenters. The van der Waals surface area contributed by atoms with Crippen molar-refractivity contribution in [2.45, 2.75) is 25.7 Å². The average molecular weight is 473 g/mol. The molecule has 1 N–H and O–H groups in total. The van der Waals surface area contributed by atoms with Gasteiger partial charge in [-0.25, -0.2) is 12.8 Å². The molecule has 6 nitrogen and oxygen atoms in total. The Kier molecular flexibility index (Phi) is 7.56. The maximum absolute atomic E-state index is 13.3. The van der Waals surface area contributed by atoms with Gasteiger partial charge in [0.15, 0.2) is 0 Å². The maximum Gasteiger partial charge on any atom is 0.256 e. The highest BCUT2D eigenvalue weighted by atomic mass is 79.9. The molecular formula is C19H22BrFN2O4S. The topological polar surface area (TPSA) is 75.7 Å². The first kappa shape index (κ1) is 22.3. The molecule has 0 radical (unpaired) electrons. The van der Waals surface area contributed by atoms with Gasteiger partial charge in [0.25, 0.3) is 5.91 Å². The third-order valence-corrected chi connectivity index (χ3v) is 6.72. The average Bonchev–Trinajstić information content (AvgIpc) is 2.63. The zero-order valence-corrected chi connectivity index (χ0v) is 18.2. The molecule has 28 heavy (non-hydrogen) atoms. The molecule has 9 heteroatoms. The minimum Gasteiger partial charge on any atom is -0.492 e. The van der Waals surface area contributed by atoms with Crippen molar-refractivity contribution in [2.24, 2.45) is 0 Å². The number of benzene rings is 2. The number of nitrogens with zero attached hydrogens (tertiary/aromatic N) is 1. The number of carbonyl (C=O) groups excluding carboxylic acids is 1. The molecular weight excluding hydrogens is 451 g/mol. The summed E-state index contributed by atoms with van der Waals surface area (Å²) in [6.45, 7) is 6.29. The van der Waals surface area contributed by atoms with Crippen molar-refractivity contribution in [1.29, 1.82) is 0 Å². The Bertz CT molecular complexity index is 962. The fourth-order valence-corrected chi connectivity index (χ4v) is 4.64. The van der Waals surface area contributed by atoms with Gasteiger partial charge < -0.3 is 10.1 Å². The van der Waals surface area contributed by atoms with Crippen LogP contribution in [0.15, 0.2) is 45.8 Å². The van der Waals surface area contributed by atoms with Crippen LogP contribution in [0.5, 0.6) is 5.75 Å². The molecule has 2 aromatic rings. The van der Waals surface area contributed by atoms with Gasteiger partial charge in [0.2, 0.25) is 10.0 Å². The summed E-state index contributed by atoms with van der Waals surface area (Å²) in [6.07, 6.45) is 0. The van der Waals surface area contributed by atoms with E-state index in [0.29, 0.717) is 25.4 Å². The Hall–Kier alpha value is -1.97. The summed E-state index contributed by atoms with van der Waals surface area (Å²) in [5.74, 6) is -0.663. The van der Waals surface area contributed by atoms with E-state index in [0.717, 1.165) is 0 Å². The normalized spacial score (nSPS) is 11.5. The standard InChI is InChI=1S/C19H22BrFN2O4S/c1-4-23(5-2)28(25,26)14-8-10-18(27-6-3)17(12-14)22-19(24)15-9-7-13(21)11-16(15)20/h7-12H,4-6H2,1-3H3,(H,22,24). The number of halogens is 2. The Morgan fingerprint density at radius 1 is 1.14 bits per heavy atom. The van der Waals surface area contributed by atoms with Crippen LogP contribution in [0.4, 0.5) is 10.1 Å². The van der Waals surface area contributed by atoms with Crippen LogP contribution in [0.25, 0.3) is 0 Å². The van der Waals surface area contributed by atoms with Crippen LogP contribution in [0.1, 0.15) is 31.1 Å². The van der Waals surface area contributed by atoms with E-state index in [-0.39, 0.29) is 20.6 Å². The Morgan fingerprint density at radius 2 is 1.82 bits per heavy atom. The number of ether oxygens (including phenoxy) is 1. The summed E-state index contributed by atoms with van der Waals surface area (Å²) in [5, 5.41) is 2.66. The second-order valence-corrected chi connectivity index (χ2v) is 8.55. The molecule has 0 aliphatic heterocycles. The molecule has 0 heterocycles. The van der Waals surface area contributed by atoms with E-state index in [2.05, 4.69) is 21.2 Å². The van der Waals surface area contributed by atoms with Crippen molar-refractivity contribution in [3.05, 3.63) is 52.3 Å². The van der Waals surface area contributed by atoms with Gasteiger partial charge in [-0.15, -0.1) is 0 Å². The summed E-state index contributed by atoms with van der Waals surface area (Å²) in [5.41, 5.74) is 0.428. The zero-order valence-electron chi connectivity index (χ0n) is 15.8. The number of anilines is 1. The van der Waals surface area contributed by atoms with Gasteiger partial charge in [0.05, 0.1) is 22.8 Å². The fourth-order valence-electron chi connectivity index (χ4n) is 2.62. The molecule has 1 amide bonds. The van der Waals surface area contributed by atoms with Gasteiger partial charge in [0.1, 0.15) is 11.6 Å². The maximum atomic E-state index is 13.3. The number of amides is 1. The minimum atomic E-state index is -3.70. The van der Waals surface area contributed by atoms with E-state index in [1.807, 2.05) is 0 Å². The Labute approximate surface area is 172 Å². The third kappa shape index (κ3) is 4.89. The highest BCUT2D eigenvalue weighted by Crippen LogP contribution is 2.30. The molecule has 152 valence electrons. The molecule has 0 spiro atoms. The lowest BCUT2D eigenvalue weighted by Crippen LogP contribution is -2.30. The minimum absolute atomic E-state index is 0.0492. The molecule has 2 aromatic carbocycles. The van der Waals surface area contributed by atoms with E-state index in [1.165, 1.54) is 40.7 Å². The summed E-state index contributed by atoms with van der Waals surface area (Å²) >= 11 is 3.16. The quantitative estimate of drug-likeness (QED) is 0.622. The second kappa shape index (κ2) is 9.49. The van der Waals surface area contributed by atoms with Gasteiger partial charge in [-0.05, 0) is 59.3 Å². The fraction of sp³-hybridized carbons (Fsp3) is 0.316. The van der Waals surface area contributed by atoms with Gasteiger partial charge in [-0.1, -0.05) is 13.8 Å². The van der Waals surface area contributed by atoms with E-state index < -0.39 is 21.7 Å². The van der Waals surface area contributed by atoms with Crippen LogP contribution in [0.2, 0.25) is 0 Å². The lowest BCUT2D eigenvalue weighted by atomic mass is 10.2. The van der Waals surface area contributed by atoms with Crippen LogP contribution in [-0.4, -0.2) is 38.3 Å². The van der Waals surface area contributed by atoms with Crippen LogP contribution < -0.4 is 10.1 Å². The van der Waals surface area contributed by atoms with Gasteiger partial charge in [-0.3, -0.25) is 4.79 Å². The predicted octanol–water partition coefficient (Wildman–Crippen LogP) is 4.27. The Balaban J connectivity index is 2.45. The molecule has 0 atom stereocenters. The predicted molar refractivity (Wildman–Crippen MR) is 110 cm³/mol. The molecule has 2 rings (SSSR count). The molecule has 0 aliphatic carbocycles. The third-order valence-electron chi connectivity index (χ3n) is 4.02. The van der Waals surface area contributed by atoms with Crippen LogP contribution in [-0.2, 0) is 10.0 Å². The van der Waals surface area contributed by atoms with Crippen LogP contribution >= 0.6 is 15.9 Å². The van der Waals surface area contributed by atoms with Gasteiger partial charge in [0, 0.05) is 17.6 Å². The van der Waals surface area contributed by atoms with Crippen LogP contribution in [0.3, 0.4) is 0 Å². The second-order valence-electron chi connectivity index (χ2n) is 5.76. The van der Waals surface area contributed by atoms with Gasteiger partial charge in [-0.2, -0.15) is 4.31 Å². The summed E-state index contributed by atoms with van der Waals surface area (Å²) < 4.78 is 46.0. The molecule has 0 bridgehead atoms. The zero-order chi connectivity index (χ0) is 20.9. The van der Waals surface area contributed by atoms with Crippen molar-refractivity contribution in [3.8, 4) is 5.75 Å². The summed E-state index contributed by atoms with van der Waals surface area (Å²) in [7, 11) is -3.70. The number of rotatable bonds is 8. The molecule has 0 saturated carbocycles. The van der Waals surface area contributed by atoms with E-state index in [1.54, 1.807) is 20.8 Å². The van der Waals surface area contributed by atoms with E-state index in [9.17, 15) is 17.6 Å². The van der Waals surface area contributed by atoms with Crippen molar-refractivity contribution >= 4 is 37.5 Å². The largest absolute Gasteiger partial charge is 0.492 e. The summed E-state index contributed by atoms with van der Waals surface area (Å²) in [6, 6.07) is 8.01. The smallest absolute Gasteiger partial charge is 0.256 e. The van der Waals surface area contributed by atoms with E-state index in [4.69, 9.17) is 4.74 Å². The van der Waals surface area contributed by atoms with Gasteiger partial charge >= 0.3 is 0 Å². The van der Waals surface area contributed by atoms with Crippen molar-refractivity contribution in [2.75, 3.05) is 25.0 Å². The SMILES string of the molecule is CCOc1ccc(S(=O)(=O)N(CC)CC)cc1NC(=O)c1ccc(F)cc1Br. The first-order valence-electron chi connectivity index (χ1n) is 8.77. The monoisotopic (exact) mass is 472 g/mol. The van der Waals surface area contributed by atoms with Crippen molar-refractivity contribution in [3.63, 3.8) is 0 Å². The molecule has 0 aliphatic rings. The lowest BCUT2D eigenvalue weighted by molar-refractivity contribution is 0.102. The van der Waals surface area contributed by atoms with Crippen LogP contribution in [0, 0.1) is 5.82 Å². The summed E-state index contributed by atoms with van der Waals surface area (Å²) in [4.78, 5) is 12.7. The van der Waals surface area contributed by atoms with E-state index >= 15 is 0 Å². The van der Waals surface area contributed by atoms with Crippen molar-refractivity contribution < 1.29 is 22.3 Å². The highest BCUT2D eigenvalue weighted by Gasteiger charge is 2.23. The number of carbonyl (C=O) groups is 1. The van der Waals surface area contributed by atoms with Crippen molar-refractivity contribution in [1.82, 2.24) is 4.31 Å².